The lowest BCUT2D eigenvalue weighted by atomic mass is 9.95. The van der Waals surface area contributed by atoms with E-state index in [9.17, 15) is 0 Å². The first-order valence-corrected chi connectivity index (χ1v) is 7.00. The lowest BCUT2D eigenvalue weighted by molar-refractivity contribution is 0.0795. The van der Waals surface area contributed by atoms with Gasteiger partial charge < -0.3 is 15.0 Å². The fourth-order valence-electron chi connectivity index (χ4n) is 2.63. The summed E-state index contributed by atoms with van der Waals surface area (Å²) in [4.78, 5) is 4.83. The number of allylic oxidation sites excluding steroid dienone is 1. The van der Waals surface area contributed by atoms with Gasteiger partial charge in [-0.05, 0) is 12.8 Å². The molecule has 1 saturated heterocycles. The summed E-state index contributed by atoms with van der Waals surface area (Å²) in [6.07, 6.45) is 4.07. The monoisotopic (exact) mass is 263 g/mol. The van der Waals surface area contributed by atoms with Crippen molar-refractivity contribution in [3.05, 3.63) is 24.2 Å². The Morgan fingerprint density at radius 1 is 1.53 bits per heavy atom. The van der Waals surface area contributed by atoms with Crippen molar-refractivity contribution in [3.8, 4) is 0 Å². The van der Waals surface area contributed by atoms with Gasteiger partial charge in [0.25, 0.3) is 0 Å². The van der Waals surface area contributed by atoms with E-state index in [1.807, 2.05) is 6.08 Å². The smallest absolute Gasteiger partial charge is 0.127 e. The first-order chi connectivity index (χ1) is 8.95. The summed E-state index contributed by atoms with van der Waals surface area (Å²) in [6.45, 7) is 12.6. The molecule has 1 fully saturated rings. The minimum absolute atomic E-state index is 0.0229. The van der Waals surface area contributed by atoms with Crippen LogP contribution in [0.4, 0.5) is 5.82 Å². The summed E-state index contributed by atoms with van der Waals surface area (Å²) < 4.78 is 7.64. The number of aromatic nitrogens is 2. The number of imidazole rings is 1. The summed E-state index contributed by atoms with van der Waals surface area (Å²) >= 11 is 0. The molecule has 0 saturated carbocycles. The van der Waals surface area contributed by atoms with Crippen LogP contribution in [-0.2, 0) is 16.7 Å². The van der Waals surface area contributed by atoms with E-state index in [2.05, 4.69) is 31.9 Å². The molecule has 0 radical (unpaired) electrons. The van der Waals surface area contributed by atoms with Crippen molar-refractivity contribution in [2.24, 2.45) is 0 Å². The Hall–Kier alpha value is -1.29. The van der Waals surface area contributed by atoms with Crippen LogP contribution in [0.2, 0.25) is 0 Å². The predicted octanol–water partition coefficient (Wildman–Crippen LogP) is 2.84. The topological polar surface area (TPSA) is 53.1 Å². The molecule has 2 N–H and O–H groups in total. The van der Waals surface area contributed by atoms with Crippen LogP contribution < -0.4 is 5.73 Å². The van der Waals surface area contributed by atoms with Crippen molar-refractivity contribution in [2.45, 2.75) is 51.5 Å². The maximum Gasteiger partial charge on any atom is 0.127 e. The minimum atomic E-state index is -0.0229. The van der Waals surface area contributed by atoms with E-state index < -0.39 is 0 Å². The van der Waals surface area contributed by atoms with E-state index in [1.54, 1.807) is 0 Å². The number of ether oxygens (including phenoxy) is 1. The second-order valence-electron chi connectivity index (χ2n) is 6.27. The van der Waals surface area contributed by atoms with Crippen molar-refractivity contribution < 1.29 is 4.74 Å². The van der Waals surface area contributed by atoms with Gasteiger partial charge in [0.05, 0.1) is 12.3 Å². The van der Waals surface area contributed by atoms with Gasteiger partial charge in [-0.3, -0.25) is 0 Å². The maximum atomic E-state index is 6.31. The highest BCUT2D eigenvalue weighted by Crippen LogP contribution is 2.33. The Morgan fingerprint density at radius 3 is 2.79 bits per heavy atom. The van der Waals surface area contributed by atoms with Gasteiger partial charge >= 0.3 is 0 Å². The molecule has 1 unspecified atom stereocenters. The zero-order valence-electron chi connectivity index (χ0n) is 12.3. The second-order valence-corrected chi connectivity index (χ2v) is 6.27. The summed E-state index contributed by atoms with van der Waals surface area (Å²) in [5.74, 6) is 2.15. The van der Waals surface area contributed by atoms with Gasteiger partial charge in [-0.1, -0.05) is 26.8 Å². The van der Waals surface area contributed by atoms with E-state index in [4.69, 9.17) is 15.5 Å². The first kappa shape index (κ1) is 14.1. The van der Waals surface area contributed by atoms with Gasteiger partial charge in [0.15, 0.2) is 0 Å². The molecule has 2 rings (SSSR count). The van der Waals surface area contributed by atoms with Crippen LogP contribution in [0.1, 0.15) is 51.0 Å². The highest BCUT2D eigenvalue weighted by atomic mass is 16.5. The summed E-state index contributed by atoms with van der Waals surface area (Å²) in [6, 6.07) is 0. The largest absolute Gasteiger partial charge is 0.384 e. The highest BCUT2D eigenvalue weighted by molar-refractivity contribution is 5.42. The van der Waals surface area contributed by atoms with E-state index in [0.717, 1.165) is 43.4 Å². The van der Waals surface area contributed by atoms with E-state index in [0.29, 0.717) is 12.5 Å². The van der Waals surface area contributed by atoms with Crippen LogP contribution in [-0.4, -0.2) is 22.8 Å². The zero-order valence-corrected chi connectivity index (χ0v) is 12.3. The van der Waals surface area contributed by atoms with Crippen molar-refractivity contribution in [1.29, 1.82) is 0 Å². The Labute approximate surface area is 115 Å². The Bertz CT molecular complexity index is 451. The highest BCUT2D eigenvalue weighted by Gasteiger charge is 2.28. The molecular weight excluding hydrogens is 238 g/mol. The van der Waals surface area contributed by atoms with Gasteiger partial charge in [-0.25, -0.2) is 4.98 Å². The van der Waals surface area contributed by atoms with Gasteiger partial charge in [0.2, 0.25) is 0 Å². The molecule has 106 valence electrons. The number of anilines is 1. The zero-order chi connectivity index (χ0) is 14.0. The second kappa shape index (κ2) is 5.37. The lowest BCUT2D eigenvalue weighted by Crippen LogP contribution is -2.19. The standard InChI is InChI=1S/C15H25N3O/c1-5-8-18-13(16)12(11-7-6-9-19-10-11)17-14(18)15(2,3)4/h5,11H,1,6-10,16H2,2-4H3. The molecule has 0 spiro atoms. The lowest BCUT2D eigenvalue weighted by Gasteiger charge is -2.20. The molecule has 1 aliphatic heterocycles. The number of hydrogen-bond donors (Lipinski definition) is 1. The molecular formula is C15H25N3O. The van der Waals surface area contributed by atoms with E-state index >= 15 is 0 Å². The average molecular weight is 263 g/mol. The quantitative estimate of drug-likeness (QED) is 0.853. The predicted molar refractivity (Wildman–Crippen MR) is 78.3 cm³/mol. The Kier molecular flexibility index (Phi) is 3.99. The molecule has 0 aromatic carbocycles. The third-order valence-corrected chi connectivity index (χ3v) is 3.56. The van der Waals surface area contributed by atoms with Crippen molar-refractivity contribution in [2.75, 3.05) is 18.9 Å². The minimum Gasteiger partial charge on any atom is -0.384 e. The number of nitrogens with two attached hydrogens (primary N) is 1. The number of hydrogen-bond acceptors (Lipinski definition) is 3. The third-order valence-electron chi connectivity index (χ3n) is 3.56. The van der Waals surface area contributed by atoms with Crippen LogP contribution in [0.5, 0.6) is 0 Å². The SMILES string of the molecule is C=CCn1c(C(C)(C)C)nc(C2CCCOC2)c1N. The van der Waals surface area contributed by atoms with Gasteiger partial charge in [-0.2, -0.15) is 0 Å². The van der Waals surface area contributed by atoms with Gasteiger partial charge in [0.1, 0.15) is 11.6 Å². The van der Waals surface area contributed by atoms with Crippen molar-refractivity contribution in [1.82, 2.24) is 9.55 Å². The number of nitrogen functional groups attached to an aromatic ring is 1. The molecule has 1 aromatic rings. The van der Waals surface area contributed by atoms with Crippen LogP contribution in [0, 0.1) is 0 Å². The molecule has 0 bridgehead atoms. The molecule has 4 heteroatoms. The summed E-state index contributed by atoms with van der Waals surface area (Å²) in [5, 5.41) is 0. The average Bonchev–Trinajstić information content (AvgIpc) is 2.69. The number of nitrogens with zero attached hydrogens (tertiary/aromatic N) is 2. The van der Waals surface area contributed by atoms with Crippen molar-refractivity contribution in [3.63, 3.8) is 0 Å². The van der Waals surface area contributed by atoms with E-state index in [1.165, 1.54) is 0 Å². The molecule has 19 heavy (non-hydrogen) atoms. The summed E-state index contributed by atoms with van der Waals surface area (Å²) in [7, 11) is 0. The van der Waals surface area contributed by atoms with Crippen LogP contribution in [0.15, 0.2) is 12.7 Å². The maximum absolute atomic E-state index is 6.31. The molecule has 2 heterocycles. The number of rotatable bonds is 3. The normalized spacial score (nSPS) is 20.5. The molecule has 0 amide bonds. The molecule has 1 aliphatic rings. The molecule has 4 nitrogen and oxygen atoms in total. The van der Waals surface area contributed by atoms with Crippen molar-refractivity contribution >= 4 is 5.82 Å². The van der Waals surface area contributed by atoms with Crippen LogP contribution >= 0.6 is 0 Å². The third kappa shape index (κ3) is 2.84. The Balaban J connectivity index is 2.41. The first-order valence-electron chi connectivity index (χ1n) is 7.00. The van der Waals surface area contributed by atoms with Crippen LogP contribution in [0.3, 0.4) is 0 Å². The molecule has 1 atom stereocenters. The molecule has 0 aliphatic carbocycles. The fraction of sp³-hybridized carbons (Fsp3) is 0.667. The van der Waals surface area contributed by atoms with Crippen LogP contribution in [0.25, 0.3) is 0 Å². The van der Waals surface area contributed by atoms with Gasteiger partial charge in [-0.15, -0.1) is 6.58 Å². The van der Waals surface area contributed by atoms with E-state index in [-0.39, 0.29) is 5.41 Å². The Morgan fingerprint density at radius 2 is 2.26 bits per heavy atom. The summed E-state index contributed by atoms with van der Waals surface area (Å²) in [5.41, 5.74) is 7.30. The molecule has 1 aromatic heterocycles. The van der Waals surface area contributed by atoms with Gasteiger partial charge in [0, 0.05) is 24.5 Å². The fourth-order valence-corrected chi connectivity index (χ4v) is 2.63.